The number of carboxylic acid groups (broad SMARTS) is 1. The van der Waals surface area contributed by atoms with Gasteiger partial charge in [-0.05, 0) is 16.8 Å². The van der Waals surface area contributed by atoms with Crippen molar-refractivity contribution in [2.75, 3.05) is 12.4 Å². The van der Waals surface area contributed by atoms with Crippen molar-refractivity contribution in [3.8, 4) is 0 Å². The molecule has 1 aromatic heterocycles. The van der Waals surface area contributed by atoms with Crippen molar-refractivity contribution in [2.24, 2.45) is 0 Å². The normalized spacial score (nSPS) is 20.1. The summed E-state index contributed by atoms with van der Waals surface area (Å²) in [5.74, 6) is -1.75. The topological polar surface area (TPSA) is 122 Å². The number of thioether (sulfide) groups is 1. The van der Waals surface area contributed by atoms with E-state index in [0.717, 1.165) is 4.90 Å². The Morgan fingerprint density at radius 1 is 1.37 bits per heavy atom. The van der Waals surface area contributed by atoms with Gasteiger partial charge in [0.25, 0.3) is 11.8 Å². The van der Waals surface area contributed by atoms with Crippen molar-refractivity contribution < 1.29 is 33.8 Å². The molecule has 2 amide bonds. The van der Waals surface area contributed by atoms with Crippen molar-refractivity contribution in [3.63, 3.8) is 0 Å². The molecular weight excluding hydrogens is 479 g/mol. The zero-order valence-electron chi connectivity index (χ0n) is 15.2. The molecule has 13 heteroatoms. The number of hydrogen-bond donors (Lipinski definition) is 2. The van der Waals surface area contributed by atoms with Crippen LogP contribution < -0.4 is 5.32 Å². The summed E-state index contributed by atoms with van der Waals surface area (Å²) in [6.07, 6.45) is -1.62. The zero-order chi connectivity index (χ0) is 22.0. The molecule has 0 saturated carbocycles. The summed E-state index contributed by atoms with van der Waals surface area (Å²) in [4.78, 5) is 48.6. The van der Waals surface area contributed by atoms with E-state index in [1.54, 1.807) is 16.8 Å². The van der Waals surface area contributed by atoms with Crippen LogP contribution in [0.3, 0.4) is 0 Å². The van der Waals surface area contributed by atoms with Crippen LogP contribution in [0.1, 0.15) is 12.5 Å². The molecule has 9 nitrogen and oxygen atoms in total. The summed E-state index contributed by atoms with van der Waals surface area (Å²) < 4.78 is 9.43. The molecule has 0 aromatic carbocycles. The van der Waals surface area contributed by atoms with E-state index < -0.39 is 35.4 Å². The van der Waals surface area contributed by atoms with Gasteiger partial charge in [-0.15, -0.1) is 11.8 Å². The van der Waals surface area contributed by atoms with E-state index in [0.29, 0.717) is 11.1 Å². The van der Waals surface area contributed by atoms with Gasteiger partial charge in [0, 0.05) is 23.8 Å². The Labute approximate surface area is 188 Å². The second-order valence-corrected chi connectivity index (χ2v) is 8.90. The van der Waals surface area contributed by atoms with E-state index in [2.05, 4.69) is 5.32 Å². The molecule has 2 atom stereocenters. The summed E-state index contributed by atoms with van der Waals surface area (Å²) >= 11 is 14.3. The maximum Gasteiger partial charge on any atom is 0.512 e. The van der Waals surface area contributed by atoms with Gasteiger partial charge in [-0.1, -0.05) is 23.2 Å². The van der Waals surface area contributed by atoms with Gasteiger partial charge in [0.1, 0.15) is 22.5 Å². The number of hydrogen-bond acceptors (Lipinski definition) is 8. The number of carbonyl (C=O) groups is 4. The Morgan fingerprint density at radius 3 is 2.67 bits per heavy atom. The summed E-state index contributed by atoms with van der Waals surface area (Å²) in [6, 6.07) is 0.726. The van der Waals surface area contributed by atoms with E-state index in [1.165, 1.54) is 30.0 Å². The quantitative estimate of drug-likeness (QED) is 0.353. The molecule has 1 saturated heterocycles. The first-order valence-corrected chi connectivity index (χ1v) is 11.0. The number of amides is 2. The minimum Gasteiger partial charge on any atom is -0.461 e. The largest absolute Gasteiger partial charge is 0.512 e. The Balaban J connectivity index is 1.79. The van der Waals surface area contributed by atoms with Crippen LogP contribution in [0.15, 0.2) is 32.8 Å². The molecule has 1 unspecified atom stereocenters. The van der Waals surface area contributed by atoms with Crippen LogP contribution in [-0.4, -0.2) is 57.7 Å². The first kappa shape index (κ1) is 22.5. The highest BCUT2D eigenvalue weighted by Crippen LogP contribution is 2.41. The lowest BCUT2D eigenvalue weighted by molar-refractivity contribution is -0.148. The van der Waals surface area contributed by atoms with Crippen LogP contribution in [0, 0.1) is 0 Å². The van der Waals surface area contributed by atoms with Crippen LogP contribution in [0.2, 0.25) is 0 Å². The Morgan fingerprint density at radius 2 is 2.10 bits per heavy atom. The number of nitrogens with one attached hydrogen (secondary N) is 1. The standard InChI is InChI=1S/C17H14Cl2N2O7S2/c1-7(22)27-4-9-6-30-16-11(14(24)21(16)15(9)28-17(25)26)20-13(23)10(12(18)19)8-2-3-29-5-8/h2-3,5,11,16H,4,6H2,1H3,(H,20,23)(H,25,26)/t11?,16-/m0/s1. The van der Waals surface area contributed by atoms with Crippen LogP contribution in [0.25, 0.3) is 5.57 Å². The first-order chi connectivity index (χ1) is 14.2. The fraction of sp³-hybridized carbons (Fsp3) is 0.294. The predicted molar refractivity (Wildman–Crippen MR) is 111 cm³/mol. The molecule has 0 spiro atoms. The van der Waals surface area contributed by atoms with Crippen LogP contribution in [0.4, 0.5) is 4.79 Å². The number of fused-ring (bicyclic) bond motifs is 1. The SMILES string of the molecule is CC(=O)OCC1=C(OC(=O)O)N2C(=O)C(NC(=O)C(=C(Cl)Cl)c3ccsc3)[C@@H]2SC1. The molecule has 0 radical (unpaired) electrons. The van der Waals surface area contributed by atoms with Gasteiger partial charge >= 0.3 is 12.1 Å². The van der Waals surface area contributed by atoms with Crippen molar-refractivity contribution in [3.05, 3.63) is 38.3 Å². The Hall–Kier alpha value is -2.21. The lowest BCUT2D eigenvalue weighted by Crippen LogP contribution is -2.70. The molecule has 3 rings (SSSR count). The summed E-state index contributed by atoms with van der Waals surface area (Å²) in [6.45, 7) is 0.989. The third kappa shape index (κ3) is 4.59. The first-order valence-electron chi connectivity index (χ1n) is 8.30. The van der Waals surface area contributed by atoms with E-state index >= 15 is 0 Å². The Kier molecular flexibility index (Phi) is 6.96. The van der Waals surface area contributed by atoms with E-state index in [9.17, 15) is 19.2 Å². The van der Waals surface area contributed by atoms with Gasteiger partial charge in [0.05, 0.1) is 5.57 Å². The lowest BCUT2D eigenvalue weighted by Gasteiger charge is -2.49. The van der Waals surface area contributed by atoms with Gasteiger partial charge < -0.3 is 19.9 Å². The number of carbonyl (C=O) groups excluding carboxylic acids is 3. The molecule has 0 bridgehead atoms. The minimum absolute atomic E-state index is 0.0275. The fourth-order valence-electron chi connectivity index (χ4n) is 2.84. The number of β-lactam (4-membered cyclic amide) rings is 1. The smallest absolute Gasteiger partial charge is 0.461 e. The number of halogens is 2. The third-order valence-corrected chi connectivity index (χ3v) is 6.54. The summed E-state index contributed by atoms with van der Waals surface area (Å²) in [5.41, 5.74) is 0.866. The molecular formula is C17H14Cl2N2O7S2. The molecule has 3 heterocycles. The number of ether oxygens (including phenoxy) is 2. The third-order valence-electron chi connectivity index (χ3n) is 4.14. The van der Waals surface area contributed by atoms with Crippen molar-refractivity contribution >= 4 is 75.8 Å². The number of esters is 1. The maximum atomic E-state index is 12.7. The number of thiophene rings is 1. The number of rotatable bonds is 6. The molecule has 2 N–H and O–H groups in total. The average Bonchev–Trinajstić information content (AvgIpc) is 3.17. The monoisotopic (exact) mass is 492 g/mol. The molecule has 1 aromatic rings. The van der Waals surface area contributed by atoms with Gasteiger partial charge in [-0.2, -0.15) is 11.3 Å². The van der Waals surface area contributed by atoms with Gasteiger partial charge in [-0.3, -0.25) is 19.3 Å². The molecule has 1 fully saturated rings. The van der Waals surface area contributed by atoms with Gasteiger partial charge in [0.2, 0.25) is 5.88 Å². The second-order valence-electron chi connectivity index (χ2n) is 6.07. The molecule has 2 aliphatic rings. The fourth-order valence-corrected chi connectivity index (χ4v) is 5.18. The zero-order valence-corrected chi connectivity index (χ0v) is 18.4. The predicted octanol–water partition coefficient (Wildman–Crippen LogP) is 2.76. The minimum atomic E-state index is -1.62. The average molecular weight is 493 g/mol. The highest BCUT2D eigenvalue weighted by molar-refractivity contribution is 8.00. The van der Waals surface area contributed by atoms with Crippen molar-refractivity contribution in [1.29, 1.82) is 0 Å². The van der Waals surface area contributed by atoms with Crippen LogP contribution in [-0.2, 0) is 23.9 Å². The van der Waals surface area contributed by atoms with Crippen LogP contribution >= 0.6 is 46.3 Å². The maximum absolute atomic E-state index is 12.7. The highest BCUT2D eigenvalue weighted by atomic mass is 35.5. The molecule has 30 heavy (non-hydrogen) atoms. The van der Waals surface area contributed by atoms with E-state index in [-0.39, 0.29) is 28.3 Å². The second kappa shape index (κ2) is 9.29. The van der Waals surface area contributed by atoms with E-state index in [1.807, 2.05) is 0 Å². The van der Waals surface area contributed by atoms with Gasteiger partial charge in [0.15, 0.2) is 0 Å². The molecule has 160 valence electrons. The lowest BCUT2D eigenvalue weighted by atomic mass is 10.0. The van der Waals surface area contributed by atoms with Gasteiger partial charge in [-0.25, -0.2) is 4.79 Å². The highest BCUT2D eigenvalue weighted by Gasteiger charge is 2.54. The summed E-state index contributed by atoms with van der Waals surface area (Å²) in [7, 11) is 0. The molecule has 0 aliphatic carbocycles. The number of nitrogens with zero attached hydrogens (tertiary/aromatic N) is 1. The summed E-state index contributed by atoms with van der Waals surface area (Å²) in [5, 5.41) is 14.4. The Bertz CT molecular complexity index is 957. The molecule has 2 aliphatic heterocycles. The van der Waals surface area contributed by atoms with E-state index in [4.69, 9.17) is 37.8 Å². The van der Waals surface area contributed by atoms with Crippen molar-refractivity contribution in [2.45, 2.75) is 18.3 Å². The van der Waals surface area contributed by atoms with Crippen molar-refractivity contribution in [1.82, 2.24) is 10.2 Å². The van der Waals surface area contributed by atoms with Crippen LogP contribution in [0.5, 0.6) is 0 Å².